The number of para-hydroxylation sites is 2. The summed E-state index contributed by atoms with van der Waals surface area (Å²) in [6, 6.07) is 6.99. The van der Waals surface area contributed by atoms with Crippen molar-refractivity contribution in [1.82, 2.24) is 0 Å². The molecule has 102 valence electrons. The molecule has 2 N–H and O–H groups in total. The zero-order valence-electron chi connectivity index (χ0n) is 11.1. The highest BCUT2D eigenvalue weighted by molar-refractivity contribution is 6.04. The number of benzene rings is 1. The number of ether oxygens (including phenoxy) is 1. The monoisotopic (exact) mass is 263 g/mol. The molecule has 0 aliphatic carbocycles. The number of carboxylic acids is 1. The maximum Gasteiger partial charge on any atom is 0.331 e. The Morgan fingerprint density at radius 2 is 1.95 bits per heavy atom. The average molecular weight is 263 g/mol. The predicted octanol–water partition coefficient (Wildman–Crippen LogP) is 2.44. The van der Waals surface area contributed by atoms with E-state index in [2.05, 4.69) is 5.32 Å². The maximum atomic E-state index is 11.7. The topological polar surface area (TPSA) is 75.6 Å². The standard InChI is InChI=1S/C14H17NO4/c1-9(2)19-12-7-5-4-6-11(12)15-13(16)8-10(3)14(17)18/h4-9H,1-3H3,(H,15,16)(H,17,18)/b10-8+. The summed E-state index contributed by atoms with van der Waals surface area (Å²) in [4.78, 5) is 22.3. The van der Waals surface area contributed by atoms with Crippen molar-refractivity contribution in [2.45, 2.75) is 26.9 Å². The number of carboxylic acid groups (broad SMARTS) is 1. The van der Waals surface area contributed by atoms with Crippen LogP contribution in [0.1, 0.15) is 20.8 Å². The fourth-order valence-corrected chi connectivity index (χ4v) is 1.35. The molecule has 0 aliphatic rings. The summed E-state index contributed by atoms with van der Waals surface area (Å²) < 4.78 is 5.55. The SMILES string of the molecule is C/C(=C\C(=O)Nc1ccccc1OC(C)C)C(=O)O. The van der Waals surface area contributed by atoms with Gasteiger partial charge in [-0.3, -0.25) is 4.79 Å². The third-order valence-electron chi connectivity index (χ3n) is 2.19. The van der Waals surface area contributed by atoms with Gasteiger partial charge in [-0.1, -0.05) is 12.1 Å². The molecule has 0 heterocycles. The van der Waals surface area contributed by atoms with Gasteiger partial charge in [0.15, 0.2) is 0 Å². The van der Waals surface area contributed by atoms with Crippen LogP contribution in [0, 0.1) is 0 Å². The van der Waals surface area contributed by atoms with Crippen LogP contribution in [0.4, 0.5) is 5.69 Å². The van der Waals surface area contributed by atoms with Gasteiger partial charge in [-0.2, -0.15) is 0 Å². The van der Waals surface area contributed by atoms with Crippen molar-refractivity contribution in [2.75, 3.05) is 5.32 Å². The molecule has 0 atom stereocenters. The third kappa shape index (κ3) is 4.83. The molecule has 19 heavy (non-hydrogen) atoms. The third-order valence-corrected chi connectivity index (χ3v) is 2.19. The summed E-state index contributed by atoms with van der Waals surface area (Å²) in [6.45, 7) is 5.12. The molecule has 1 amide bonds. The van der Waals surface area contributed by atoms with Gasteiger partial charge in [0.25, 0.3) is 0 Å². The first-order chi connectivity index (χ1) is 8.90. The maximum absolute atomic E-state index is 11.7. The predicted molar refractivity (Wildman–Crippen MR) is 72.2 cm³/mol. The Hall–Kier alpha value is -2.30. The van der Waals surface area contributed by atoms with Crippen LogP contribution in [0.15, 0.2) is 35.9 Å². The Kier molecular flexibility index (Phi) is 5.11. The van der Waals surface area contributed by atoms with Gasteiger partial charge in [0.2, 0.25) is 5.91 Å². The van der Waals surface area contributed by atoms with Crippen LogP contribution < -0.4 is 10.1 Å². The minimum atomic E-state index is -1.12. The van der Waals surface area contributed by atoms with Gasteiger partial charge in [0.05, 0.1) is 11.8 Å². The quantitative estimate of drug-likeness (QED) is 0.800. The van der Waals surface area contributed by atoms with Crippen LogP contribution in [0.2, 0.25) is 0 Å². The molecule has 0 saturated carbocycles. The Morgan fingerprint density at radius 3 is 2.53 bits per heavy atom. The van der Waals surface area contributed by atoms with Gasteiger partial charge in [0, 0.05) is 11.6 Å². The van der Waals surface area contributed by atoms with Crippen molar-refractivity contribution in [1.29, 1.82) is 0 Å². The lowest BCUT2D eigenvalue weighted by atomic mass is 10.2. The number of amides is 1. The summed E-state index contributed by atoms with van der Waals surface area (Å²) >= 11 is 0. The zero-order chi connectivity index (χ0) is 14.4. The Morgan fingerprint density at radius 1 is 1.32 bits per heavy atom. The Labute approximate surface area is 111 Å². The number of nitrogens with one attached hydrogen (secondary N) is 1. The van der Waals surface area contributed by atoms with Crippen molar-refractivity contribution in [2.24, 2.45) is 0 Å². The molecule has 0 saturated heterocycles. The van der Waals surface area contributed by atoms with E-state index in [0.29, 0.717) is 11.4 Å². The smallest absolute Gasteiger partial charge is 0.331 e. The largest absolute Gasteiger partial charge is 0.489 e. The van der Waals surface area contributed by atoms with Crippen LogP contribution >= 0.6 is 0 Å². The number of aliphatic carboxylic acids is 1. The molecule has 5 nitrogen and oxygen atoms in total. The second kappa shape index (κ2) is 6.58. The zero-order valence-corrected chi connectivity index (χ0v) is 11.1. The highest BCUT2D eigenvalue weighted by atomic mass is 16.5. The molecule has 0 unspecified atom stereocenters. The minimum absolute atomic E-state index is 0.0191. The summed E-state index contributed by atoms with van der Waals surface area (Å²) in [7, 11) is 0. The molecule has 0 bridgehead atoms. The van der Waals surface area contributed by atoms with Crippen LogP contribution in [0.3, 0.4) is 0 Å². The van der Waals surface area contributed by atoms with Crippen molar-refractivity contribution >= 4 is 17.6 Å². The summed E-state index contributed by atoms with van der Waals surface area (Å²) in [5, 5.41) is 11.3. The number of carbonyl (C=O) groups excluding carboxylic acids is 1. The highest BCUT2D eigenvalue weighted by Gasteiger charge is 2.09. The van der Waals surface area contributed by atoms with Crippen LogP contribution in [0.25, 0.3) is 0 Å². The fourth-order valence-electron chi connectivity index (χ4n) is 1.35. The van der Waals surface area contributed by atoms with Gasteiger partial charge in [-0.15, -0.1) is 0 Å². The van der Waals surface area contributed by atoms with E-state index in [1.165, 1.54) is 6.92 Å². The van der Waals surface area contributed by atoms with E-state index >= 15 is 0 Å². The van der Waals surface area contributed by atoms with Crippen LogP contribution in [0.5, 0.6) is 5.75 Å². The molecule has 0 aromatic heterocycles. The lowest BCUT2D eigenvalue weighted by Gasteiger charge is -2.14. The van der Waals surface area contributed by atoms with Gasteiger partial charge < -0.3 is 15.2 Å². The summed E-state index contributed by atoms with van der Waals surface area (Å²) in [5.74, 6) is -1.08. The van der Waals surface area contributed by atoms with Crippen molar-refractivity contribution in [3.63, 3.8) is 0 Å². The number of carbonyl (C=O) groups is 2. The number of rotatable bonds is 5. The van der Waals surface area contributed by atoms with E-state index in [1.54, 1.807) is 24.3 Å². The molecule has 1 aromatic rings. The molecular weight excluding hydrogens is 246 g/mol. The van der Waals surface area contributed by atoms with E-state index in [-0.39, 0.29) is 11.7 Å². The van der Waals surface area contributed by atoms with E-state index in [4.69, 9.17) is 9.84 Å². The molecule has 0 spiro atoms. The van der Waals surface area contributed by atoms with Crippen molar-refractivity contribution in [3.05, 3.63) is 35.9 Å². The van der Waals surface area contributed by atoms with E-state index in [9.17, 15) is 9.59 Å². The van der Waals surface area contributed by atoms with Gasteiger partial charge in [-0.25, -0.2) is 4.79 Å². The molecule has 0 radical (unpaired) electrons. The van der Waals surface area contributed by atoms with E-state index in [1.807, 2.05) is 13.8 Å². The van der Waals surface area contributed by atoms with Crippen molar-refractivity contribution in [3.8, 4) is 5.75 Å². The first-order valence-corrected chi connectivity index (χ1v) is 5.88. The minimum Gasteiger partial charge on any atom is -0.489 e. The normalized spacial score (nSPS) is 11.3. The lowest BCUT2D eigenvalue weighted by molar-refractivity contribution is -0.132. The van der Waals surface area contributed by atoms with Gasteiger partial charge >= 0.3 is 5.97 Å². The molecular formula is C14H17NO4. The Bertz CT molecular complexity index is 506. The second-order valence-electron chi connectivity index (χ2n) is 4.28. The van der Waals surface area contributed by atoms with Crippen LogP contribution in [-0.4, -0.2) is 23.1 Å². The van der Waals surface area contributed by atoms with Crippen molar-refractivity contribution < 1.29 is 19.4 Å². The fraction of sp³-hybridized carbons (Fsp3) is 0.286. The molecule has 0 fully saturated rings. The molecule has 1 aromatic carbocycles. The second-order valence-corrected chi connectivity index (χ2v) is 4.28. The van der Waals surface area contributed by atoms with Gasteiger partial charge in [0.1, 0.15) is 5.75 Å². The molecule has 5 heteroatoms. The average Bonchev–Trinajstić information content (AvgIpc) is 2.30. The summed E-state index contributed by atoms with van der Waals surface area (Å²) in [5.41, 5.74) is 0.482. The Balaban J connectivity index is 2.85. The number of hydrogen-bond donors (Lipinski definition) is 2. The first kappa shape index (κ1) is 14.8. The lowest BCUT2D eigenvalue weighted by Crippen LogP contribution is -2.13. The number of anilines is 1. The summed E-state index contributed by atoms with van der Waals surface area (Å²) in [6.07, 6.45) is 1.02. The molecule has 1 rings (SSSR count). The van der Waals surface area contributed by atoms with E-state index in [0.717, 1.165) is 6.08 Å². The van der Waals surface area contributed by atoms with Crippen LogP contribution in [-0.2, 0) is 9.59 Å². The first-order valence-electron chi connectivity index (χ1n) is 5.88. The highest BCUT2D eigenvalue weighted by Crippen LogP contribution is 2.24. The van der Waals surface area contributed by atoms with E-state index < -0.39 is 11.9 Å². The molecule has 0 aliphatic heterocycles. The van der Waals surface area contributed by atoms with Gasteiger partial charge in [-0.05, 0) is 32.9 Å². The number of hydrogen-bond acceptors (Lipinski definition) is 3.